The van der Waals surface area contributed by atoms with Crippen molar-refractivity contribution in [3.05, 3.63) is 54.1 Å². The standard InChI is InChI=1S/C20H22N4O2/c1-2-26-18-10-6-3-7-15(18)19(25)23-11-13-24(14-12-23)20-21-16-8-4-5-9-17(16)22-20/h3-10H,2,11-14H2,1H3,(H,21,22). The summed E-state index contributed by atoms with van der Waals surface area (Å²) in [5, 5.41) is 0. The Hall–Kier alpha value is -3.02. The lowest BCUT2D eigenvalue weighted by Gasteiger charge is -2.34. The molecule has 0 bridgehead atoms. The van der Waals surface area contributed by atoms with E-state index in [2.05, 4.69) is 14.9 Å². The number of imidazole rings is 1. The summed E-state index contributed by atoms with van der Waals surface area (Å²) < 4.78 is 5.60. The molecule has 0 saturated carbocycles. The van der Waals surface area contributed by atoms with Gasteiger partial charge in [-0.3, -0.25) is 4.79 Å². The first kappa shape index (κ1) is 16.4. The minimum atomic E-state index is 0.0262. The molecule has 1 amide bonds. The molecule has 134 valence electrons. The number of aromatic nitrogens is 2. The van der Waals surface area contributed by atoms with Gasteiger partial charge in [0.2, 0.25) is 5.95 Å². The lowest BCUT2D eigenvalue weighted by Crippen LogP contribution is -2.49. The van der Waals surface area contributed by atoms with E-state index in [0.29, 0.717) is 31.0 Å². The van der Waals surface area contributed by atoms with Gasteiger partial charge in [-0.05, 0) is 31.2 Å². The van der Waals surface area contributed by atoms with E-state index in [1.165, 1.54) is 0 Å². The van der Waals surface area contributed by atoms with E-state index >= 15 is 0 Å². The van der Waals surface area contributed by atoms with Gasteiger partial charge in [0.25, 0.3) is 5.91 Å². The number of nitrogens with one attached hydrogen (secondary N) is 1. The van der Waals surface area contributed by atoms with E-state index in [1.807, 2.05) is 60.4 Å². The van der Waals surface area contributed by atoms with Gasteiger partial charge in [0.1, 0.15) is 5.75 Å². The molecule has 3 aromatic rings. The normalized spacial score (nSPS) is 14.7. The number of aromatic amines is 1. The number of benzene rings is 2. The second-order valence-electron chi connectivity index (χ2n) is 6.29. The molecule has 1 aliphatic heterocycles. The molecule has 0 unspecified atom stereocenters. The quantitative estimate of drug-likeness (QED) is 0.786. The minimum absolute atomic E-state index is 0.0262. The molecule has 26 heavy (non-hydrogen) atoms. The van der Waals surface area contributed by atoms with Crippen LogP contribution in [-0.4, -0.2) is 53.6 Å². The Balaban J connectivity index is 1.45. The second kappa shape index (κ2) is 7.07. The molecule has 1 fully saturated rings. The first-order chi connectivity index (χ1) is 12.8. The average molecular weight is 350 g/mol. The van der Waals surface area contributed by atoms with Crippen LogP contribution in [0, 0.1) is 0 Å². The number of anilines is 1. The van der Waals surface area contributed by atoms with Crippen molar-refractivity contribution in [3.8, 4) is 5.75 Å². The summed E-state index contributed by atoms with van der Waals surface area (Å²) in [5.74, 6) is 1.55. The lowest BCUT2D eigenvalue weighted by molar-refractivity contribution is 0.0742. The maximum absolute atomic E-state index is 12.9. The van der Waals surface area contributed by atoms with Gasteiger partial charge in [0.05, 0.1) is 23.2 Å². The zero-order valence-corrected chi connectivity index (χ0v) is 14.8. The Bertz CT molecular complexity index is 880. The van der Waals surface area contributed by atoms with Crippen molar-refractivity contribution in [1.29, 1.82) is 0 Å². The molecule has 0 spiro atoms. The van der Waals surface area contributed by atoms with Crippen LogP contribution in [0.25, 0.3) is 11.0 Å². The third-order valence-corrected chi connectivity index (χ3v) is 4.66. The average Bonchev–Trinajstić information content (AvgIpc) is 3.12. The number of carbonyl (C=O) groups is 1. The first-order valence-electron chi connectivity index (χ1n) is 8.97. The number of hydrogen-bond donors (Lipinski definition) is 1. The van der Waals surface area contributed by atoms with Crippen LogP contribution in [0.3, 0.4) is 0 Å². The number of ether oxygens (including phenoxy) is 1. The highest BCUT2D eigenvalue weighted by atomic mass is 16.5. The van der Waals surface area contributed by atoms with E-state index in [0.717, 1.165) is 30.1 Å². The Morgan fingerprint density at radius 1 is 1.08 bits per heavy atom. The number of H-pyrrole nitrogens is 1. The Morgan fingerprint density at radius 2 is 1.81 bits per heavy atom. The molecule has 1 N–H and O–H groups in total. The zero-order valence-electron chi connectivity index (χ0n) is 14.8. The Morgan fingerprint density at radius 3 is 2.58 bits per heavy atom. The molecule has 6 heteroatoms. The van der Waals surface area contributed by atoms with E-state index in [4.69, 9.17) is 4.74 Å². The summed E-state index contributed by atoms with van der Waals surface area (Å²) in [6.45, 7) is 5.30. The molecule has 2 heterocycles. The van der Waals surface area contributed by atoms with Crippen molar-refractivity contribution in [1.82, 2.24) is 14.9 Å². The molecule has 6 nitrogen and oxygen atoms in total. The molecular weight excluding hydrogens is 328 g/mol. The fourth-order valence-electron chi connectivity index (χ4n) is 3.31. The van der Waals surface area contributed by atoms with Crippen molar-refractivity contribution >= 4 is 22.9 Å². The molecule has 2 aromatic carbocycles. The number of carbonyl (C=O) groups excluding carboxylic acids is 1. The van der Waals surface area contributed by atoms with Crippen molar-refractivity contribution in [2.45, 2.75) is 6.92 Å². The smallest absolute Gasteiger partial charge is 0.257 e. The predicted octanol–water partition coefficient (Wildman–Crippen LogP) is 2.92. The van der Waals surface area contributed by atoms with Gasteiger partial charge in [0, 0.05) is 26.2 Å². The van der Waals surface area contributed by atoms with Crippen LogP contribution < -0.4 is 9.64 Å². The number of hydrogen-bond acceptors (Lipinski definition) is 4. The van der Waals surface area contributed by atoms with Gasteiger partial charge in [0.15, 0.2) is 0 Å². The van der Waals surface area contributed by atoms with Crippen LogP contribution in [0.1, 0.15) is 17.3 Å². The zero-order chi connectivity index (χ0) is 17.9. The van der Waals surface area contributed by atoms with Gasteiger partial charge in [-0.25, -0.2) is 4.98 Å². The topological polar surface area (TPSA) is 61.5 Å². The highest BCUT2D eigenvalue weighted by Crippen LogP contribution is 2.22. The molecule has 0 aliphatic carbocycles. The van der Waals surface area contributed by atoms with Crippen molar-refractivity contribution in [3.63, 3.8) is 0 Å². The summed E-state index contributed by atoms with van der Waals surface area (Å²) in [7, 11) is 0. The largest absolute Gasteiger partial charge is 0.493 e. The molecule has 0 radical (unpaired) electrons. The van der Waals surface area contributed by atoms with E-state index in [9.17, 15) is 4.79 Å². The van der Waals surface area contributed by atoms with E-state index in [-0.39, 0.29) is 5.91 Å². The van der Waals surface area contributed by atoms with E-state index < -0.39 is 0 Å². The van der Waals surface area contributed by atoms with Crippen LogP contribution in [0.4, 0.5) is 5.95 Å². The highest BCUT2D eigenvalue weighted by Gasteiger charge is 2.25. The first-order valence-corrected chi connectivity index (χ1v) is 8.97. The number of nitrogens with zero attached hydrogens (tertiary/aromatic N) is 3. The number of fused-ring (bicyclic) bond motifs is 1. The van der Waals surface area contributed by atoms with Crippen molar-refractivity contribution < 1.29 is 9.53 Å². The second-order valence-corrected chi connectivity index (χ2v) is 6.29. The molecule has 4 rings (SSSR count). The minimum Gasteiger partial charge on any atom is -0.493 e. The Kier molecular flexibility index (Phi) is 4.48. The highest BCUT2D eigenvalue weighted by molar-refractivity contribution is 5.97. The summed E-state index contributed by atoms with van der Waals surface area (Å²) in [4.78, 5) is 25.0. The maximum Gasteiger partial charge on any atom is 0.257 e. The number of rotatable bonds is 4. The molecule has 1 aromatic heterocycles. The molecular formula is C20H22N4O2. The summed E-state index contributed by atoms with van der Waals surface area (Å²) >= 11 is 0. The lowest BCUT2D eigenvalue weighted by atomic mass is 10.1. The third-order valence-electron chi connectivity index (χ3n) is 4.66. The van der Waals surface area contributed by atoms with Gasteiger partial charge in [-0.1, -0.05) is 24.3 Å². The molecule has 0 atom stereocenters. The van der Waals surface area contributed by atoms with Crippen molar-refractivity contribution in [2.75, 3.05) is 37.7 Å². The van der Waals surface area contributed by atoms with Gasteiger partial charge in [-0.15, -0.1) is 0 Å². The van der Waals surface area contributed by atoms with Gasteiger partial charge >= 0.3 is 0 Å². The summed E-state index contributed by atoms with van der Waals surface area (Å²) in [6.07, 6.45) is 0. The van der Waals surface area contributed by atoms with E-state index in [1.54, 1.807) is 0 Å². The fraction of sp³-hybridized carbons (Fsp3) is 0.300. The summed E-state index contributed by atoms with van der Waals surface area (Å²) in [6, 6.07) is 15.5. The van der Waals surface area contributed by atoms with Crippen LogP contribution in [0.5, 0.6) is 5.75 Å². The Labute approximate surface area is 152 Å². The molecule has 1 aliphatic rings. The predicted molar refractivity (Wildman–Crippen MR) is 102 cm³/mol. The van der Waals surface area contributed by atoms with Crippen LogP contribution in [-0.2, 0) is 0 Å². The van der Waals surface area contributed by atoms with Gasteiger partial charge in [-0.2, -0.15) is 0 Å². The van der Waals surface area contributed by atoms with Crippen molar-refractivity contribution in [2.24, 2.45) is 0 Å². The summed E-state index contributed by atoms with van der Waals surface area (Å²) in [5.41, 5.74) is 2.63. The fourth-order valence-corrected chi connectivity index (χ4v) is 3.31. The molecule has 1 saturated heterocycles. The van der Waals surface area contributed by atoms with Crippen LogP contribution in [0.15, 0.2) is 48.5 Å². The third kappa shape index (κ3) is 3.10. The van der Waals surface area contributed by atoms with Crippen LogP contribution >= 0.6 is 0 Å². The van der Waals surface area contributed by atoms with Gasteiger partial charge < -0.3 is 19.5 Å². The number of amides is 1. The van der Waals surface area contributed by atoms with Crippen LogP contribution in [0.2, 0.25) is 0 Å². The monoisotopic (exact) mass is 350 g/mol. The number of piperazine rings is 1. The number of para-hydroxylation sites is 3. The SMILES string of the molecule is CCOc1ccccc1C(=O)N1CCN(c2nc3ccccc3[nH]2)CC1. The maximum atomic E-state index is 12.9.